The summed E-state index contributed by atoms with van der Waals surface area (Å²) in [4.78, 5) is 4.17. The normalized spacial score (nSPS) is 10.6. The van der Waals surface area contributed by atoms with Crippen molar-refractivity contribution in [3.8, 4) is 6.07 Å². The second kappa shape index (κ2) is 4.53. The van der Waals surface area contributed by atoms with Gasteiger partial charge >= 0.3 is 0 Å². The molecule has 0 aliphatic carbocycles. The molecule has 0 bridgehead atoms. The van der Waals surface area contributed by atoms with Crippen LogP contribution in [0.4, 0.5) is 5.82 Å². The molecule has 0 amide bonds. The number of nitrogens with zero attached hydrogens (tertiary/aromatic N) is 5. The highest BCUT2D eigenvalue weighted by Gasteiger charge is 2.15. The molecule has 0 radical (unpaired) electrons. The van der Waals surface area contributed by atoms with E-state index in [4.69, 9.17) is 11.0 Å². The van der Waals surface area contributed by atoms with Crippen molar-refractivity contribution in [3.63, 3.8) is 0 Å². The van der Waals surface area contributed by atoms with Gasteiger partial charge in [0.1, 0.15) is 18.2 Å². The predicted octanol–water partition coefficient (Wildman–Crippen LogP) is 0.930. The monoisotopic (exact) mass is 244 g/mol. The summed E-state index contributed by atoms with van der Waals surface area (Å²) in [6.45, 7) is 4.57. The van der Waals surface area contributed by atoms with Gasteiger partial charge in [-0.3, -0.25) is 4.68 Å². The molecule has 0 aliphatic heterocycles. The fourth-order valence-electron chi connectivity index (χ4n) is 2.03. The Morgan fingerprint density at radius 1 is 1.44 bits per heavy atom. The lowest BCUT2D eigenvalue weighted by Crippen LogP contribution is -2.08. The van der Waals surface area contributed by atoms with Gasteiger partial charge in [-0.2, -0.15) is 10.4 Å². The molecule has 6 heteroatoms. The van der Waals surface area contributed by atoms with Crippen LogP contribution in [0, 0.1) is 25.2 Å². The summed E-state index contributed by atoms with van der Waals surface area (Å²) in [6.07, 6.45) is 2.37. The molecular weight excluding hydrogens is 228 g/mol. The summed E-state index contributed by atoms with van der Waals surface area (Å²) in [5.74, 6) is 1.31. The zero-order valence-electron chi connectivity index (χ0n) is 10.8. The predicted molar refractivity (Wildman–Crippen MR) is 67.7 cm³/mol. The number of nitrogen functional groups attached to an aromatic ring is 1. The Kier molecular flexibility index (Phi) is 3.06. The van der Waals surface area contributed by atoms with Gasteiger partial charge in [0.05, 0.1) is 5.56 Å². The molecule has 0 saturated heterocycles. The molecule has 18 heavy (non-hydrogen) atoms. The van der Waals surface area contributed by atoms with Crippen LogP contribution in [0.2, 0.25) is 0 Å². The van der Waals surface area contributed by atoms with Crippen molar-refractivity contribution < 1.29 is 0 Å². The van der Waals surface area contributed by atoms with Crippen LogP contribution in [0.25, 0.3) is 0 Å². The third-order valence-corrected chi connectivity index (χ3v) is 3.19. The van der Waals surface area contributed by atoms with E-state index in [2.05, 4.69) is 16.2 Å². The smallest absolute Gasteiger partial charge is 0.152 e. The number of nitriles is 1. The van der Waals surface area contributed by atoms with Gasteiger partial charge in [-0.15, -0.1) is 0 Å². The maximum atomic E-state index is 9.05. The number of hydrogen-bond acceptors (Lipinski definition) is 4. The second-order valence-corrected chi connectivity index (χ2v) is 4.32. The Balaban J connectivity index is 2.23. The number of hydrogen-bond donors (Lipinski definition) is 1. The third kappa shape index (κ3) is 1.95. The number of anilines is 1. The van der Waals surface area contributed by atoms with E-state index < -0.39 is 0 Å². The Morgan fingerprint density at radius 2 is 2.17 bits per heavy atom. The first-order valence-electron chi connectivity index (χ1n) is 5.74. The molecule has 2 N–H and O–H groups in total. The summed E-state index contributed by atoms with van der Waals surface area (Å²) in [5.41, 5.74) is 8.53. The zero-order valence-corrected chi connectivity index (χ0v) is 10.8. The fraction of sp³-hybridized carbons (Fsp3) is 0.417. The van der Waals surface area contributed by atoms with E-state index in [-0.39, 0.29) is 0 Å². The maximum Gasteiger partial charge on any atom is 0.152 e. The minimum Gasteiger partial charge on any atom is -0.384 e. The van der Waals surface area contributed by atoms with Crippen molar-refractivity contribution in [3.05, 3.63) is 29.0 Å². The lowest BCUT2D eigenvalue weighted by molar-refractivity contribution is 0.654. The molecule has 2 aromatic heterocycles. The third-order valence-electron chi connectivity index (χ3n) is 3.19. The Hall–Kier alpha value is -2.29. The topological polar surface area (TPSA) is 85.5 Å². The highest BCUT2D eigenvalue weighted by atomic mass is 15.3. The van der Waals surface area contributed by atoms with E-state index in [1.54, 1.807) is 11.0 Å². The molecule has 2 heterocycles. The van der Waals surface area contributed by atoms with E-state index >= 15 is 0 Å². The number of aromatic nitrogens is 4. The van der Waals surface area contributed by atoms with Crippen LogP contribution < -0.4 is 5.73 Å². The van der Waals surface area contributed by atoms with E-state index in [9.17, 15) is 0 Å². The number of aryl methyl sites for hydroxylation is 2. The summed E-state index contributed by atoms with van der Waals surface area (Å²) in [6, 6.07) is 2.15. The molecule has 0 atom stereocenters. The van der Waals surface area contributed by atoms with Gasteiger partial charge in [0.2, 0.25) is 0 Å². The lowest BCUT2D eigenvalue weighted by Gasteiger charge is -2.07. The highest BCUT2D eigenvalue weighted by Crippen LogP contribution is 2.23. The van der Waals surface area contributed by atoms with Crippen molar-refractivity contribution in [2.45, 2.75) is 26.8 Å². The number of nitrogens with two attached hydrogens (primary N) is 1. The first-order valence-corrected chi connectivity index (χ1v) is 5.74. The van der Waals surface area contributed by atoms with Crippen LogP contribution in [0.1, 0.15) is 22.6 Å². The summed E-state index contributed by atoms with van der Waals surface area (Å²) < 4.78 is 3.62. The van der Waals surface area contributed by atoms with E-state index in [1.807, 2.05) is 25.5 Å². The van der Waals surface area contributed by atoms with Crippen LogP contribution in [0.5, 0.6) is 0 Å². The molecular formula is C12H16N6. The Bertz CT molecular complexity index is 613. The molecule has 0 unspecified atom stereocenters. The SMILES string of the molecule is Cc1c(C#N)c(N)n(CCc2ncn(C)n2)c1C. The van der Waals surface area contributed by atoms with E-state index in [1.165, 1.54) is 0 Å². The molecule has 2 aromatic rings. The number of rotatable bonds is 3. The van der Waals surface area contributed by atoms with Crippen molar-refractivity contribution in [1.82, 2.24) is 19.3 Å². The summed E-state index contributed by atoms with van der Waals surface area (Å²) >= 11 is 0. The maximum absolute atomic E-state index is 9.05. The standard InChI is InChI=1S/C12H16N6/c1-8-9(2)18(12(14)10(8)6-13)5-4-11-15-7-17(3)16-11/h7H,4-5,14H2,1-3H3. The molecule has 0 aromatic carbocycles. The summed E-state index contributed by atoms with van der Waals surface area (Å²) in [7, 11) is 1.84. The molecule has 0 spiro atoms. The highest BCUT2D eigenvalue weighted by molar-refractivity contribution is 5.57. The van der Waals surface area contributed by atoms with Gasteiger partial charge < -0.3 is 10.3 Å². The van der Waals surface area contributed by atoms with Gasteiger partial charge in [0.15, 0.2) is 5.82 Å². The van der Waals surface area contributed by atoms with Gasteiger partial charge in [-0.05, 0) is 19.4 Å². The largest absolute Gasteiger partial charge is 0.384 e. The van der Waals surface area contributed by atoms with Crippen LogP contribution in [-0.2, 0) is 20.0 Å². The van der Waals surface area contributed by atoms with Crippen molar-refractivity contribution in [2.24, 2.45) is 7.05 Å². The molecule has 0 fully saturated rings. The van der Waals surface area contributed by atoms with E-state index in [0.29, 0.717) is 24.3 Å². The van der Waals surface area contributed by atoms with Gasteiger partial charge in [0, 0.05) is 25.7 Å². The molecule has 0 aliphatic rings. The quantitative estimate of drug-likeness (QED) is 0.870. The van der Waals surface area contributed by atoms with Crippen molar-refractivity contribution in [2.75, 3.05) is 5.73 Å². The average Bonchev–Trinajstić information content (AvgIpc) is 2.83. The molecule has 94 valence electrons. The van der Waals surface area contributed by atoms with Crippen LogP contribution >= 0.6 is 0 Å². The minimum absolute atomic E-state index is 0.531. The van der Waals surface area contributed by atoms with Crippen LogP contribution in [0.3, 0.4) is 0 Å². The van der Waals surface area contributed by atoms with Crippen LogP contribution in [-0.4, -0.2) is 19.3 Å². The molecule has 2 rings (SSSR count). The lowest BCUT2D eigenvalue weighted by atomic mass is 10.2. The van der Waals surface area contributed by atoms with Gasteiger partial charge in [-0.1, -0.05) is 0 Å². The van der Waals surface area contributed by atoms with Crippen LogP contribution in [0.15, 0.2) is 6.33 Å². The Labute approximate surface area is 106 Å². The first-order chi connectivity index (χ1) is 8.54. The minimum atomic E-state index is 0.531. The van der Waals surface area contributed by atoms with Gasteiger partial charge in [-0.25, -0.2) is 4.98 Å². The van der Waals surface area contributed by atoms with Gasteiger partial charge in [0.25, 0.3) is 0 Å². The van der Waals surface area contributed by atoms with Crippen molar-refractivity contribution in [1.29, 1.82) is 5.26 Å². The molecule has 6 nitrogen and oxygen atoms in total. The second-order valence-electron chi connectivity index (χ2n) is 4.32. The van der Waals surface area contributed by atoms with E-state index in [0.717, 1.165) is 17.1 Å². The average molecular weight is 244 g/mol. The summed E-state index contributed by atoms with van der Waals surface area (Å²) in [5, 5.41) is 13.3. The first kappa shape index (κ1) is 12.2. The molecule has 0 saturated carbocycles. The van der Waals surface area contributed by atoms with Crippen molar-refractivity contribution >= 4 is 5.82 Å². The fourth-order valence-corrected chi connectivity index (χ4v) is 2.03. The zero-order chi connectivity index (χ0) is 13.3. The Morgan fingerprint density at radius 3 is 2.67 bits per heavy atom.